The summed E-state index contributed by atoms with van der Waals surface area (Å²) in [6.07, 6.45) is -0.644. The van der Waals surface area contributed by atoms with Gasteiger partial charge in [-0.2, -0.15) is 0 Å². The highest BCUT2D eigenvalue weighted by atomic mass is 16.7. The smallest absolute Gasteiger partial charge is 0.434 e. The van der Waals surface area contributed by atoms with Crippen LogP contribution in [-0.2, 0) is 4.74 Å². The molecular weight excluding hydrogens is 192 g/mol. The van der Waals surface area contributed by atoms with Crippen LogP contribution < -0.4 is 4.74 Å². The Bertz CT molecular complexity index is 331. The van der Waals surface area contributed by atoms with Crippen molar-refractivity contribution in [3.8, 4) is 5.75 Å². The Labute approximate surface area is 90.0 Å². The molecule has 1 rings (SSSR count). The van der Waals surface area contributed by atoms with Crippen LogP contribution in [0.3, 0.4) is 0 Å². The van der Waals surface area contributed by atoms with E-state index in [0.717, 1.165) is 5.56 Å². The Morgan fingerprint density at radius 2 is 2.13 bits per heavy atom. The van der Waals surface area contributed by atoms with Crippen LogP contribution in [-0.4, -0.2) is 12.8 Å². The number of hydrogen-bond acceptors (Lipinski definition) is 3. The molecule has 0 saturated carbocycles. The van der Waals surface area contributed by atoms with Gasteiger partial charge in [-0.05, 0) is 30.5 Å². The van der Waals surface area contributed by atoms with Gasteiger partial charge in [-0.3, -0.25) is 0 Å². The lowest BCUT2D eigenvalue weighted by Gasteiger charge is -2.07. The van der Waals surface area contributed by atoms with Gasteiger partial charge in [0.15, 0.2) is 0 Å². The first-order valence-electron chi connectivity index (χ1n) is 4.99. The Morgan fingerprint density at radius 3 is 2.73 bits per heavy atom. The van der Waals surface area contributed by atoms with Gasteiger partial charge < -0.3 is 9.47 Å². The summed E-state index contributed by atoms with van der Waals surface area (Å²) in [5.41, 5.74) is 1.05. The Balaban J connectivity index is 2.44. The fourth-order valence-corrected chi connectivity index (χ4v) is 1.04. The van der Waals surface area contributed by atoms with Gasteiger partial charge in [0, 0.05) is 0 Å². The van der Waals surface area contributed by atoms with Gasteiger partial charge in [-0.25, -0.2) is 4.79 Å². The van der Waals surface area contributed by atoms with E-state index in [1.54, 1.807) is 12.1 Å². The first kappa shape index (κ1) is 11.6. The largest absolute Gasteiger partial charge is 0.513 e. The number of aryl methyl sites for hydroxylation is 1. The quantitative estimate of drug-likeness (QED) is 0.565. The minimum atomic E-state index is -0.644. The molecule has 0 aromatic heterocycles. The lowest BCUT2D eigenvalue weighted by molar-refractivity contribution is 0.0885. The molecule has 0 fully saturated rings. The molecule has 1 aromatic rings. The van der Waals surface area contributed by atoms with E-state index in [-0.39, 0.29) is 0 Å². The number of hydrogen-bond donors (Lipinski definition) is 0. The minimum Gasteiger partial charge on any atom is -0.434 e. The molecule has 0 aliphatic heterocycles. The molecule has 0 spiro atoms. The summed E-state index contributed by atoms with van der Waals surface area (Å²) in [6, 6.07) is 7.28. The molecule has 0 bridgehead atoms. The minimum absolute atomic E-state index is 0.315. The second-order valence-electron chi connectivity index (χ2n) is 3.87. The first-order valence-corrected chi connectivity index (χ1v) is 4.99. The zero-order valence-electron chi connectivity index (χ0n) is 9.32. The molecule has 0 saturated heterocycles. The number of carbonyl (C=O) groups is 1. The zero-order chi connectivity index (χ0) is 11.3. The van der Waals surface area contributed by atoms with Gasteiger partial charge >= 0.3 is 6.16 Å². The molecule has 1 aromatic carbocycles. The van der Waals surface area contributed by atoms with Crippen LogP contribution in [0, 0.1) is 12.8 Å². The van der Waals surface area contributed by atoms with Crippen molar-refractivity contribution in [2.45, 2.75) is 20.8 Å². The van der Waals surface area contributed by atoms with Gasteiger partial charge in [0.1, 0.15) is 5.75 Å². The van der Waals surface area contributed by atoms with E-state index in [1.165, 1.54) is 0 Å². The van der Waals surface area contributed by atoms with Crippen LogP contribution in [0.1, 0.15) is 19.4 Å². The van der Waals surface area contributed by atoms with Crippen LogP contribution in [0.4, 0.5) is 4.79 Å². The van der Waals surface area contributed by atoms with E-state index < -0.39 is 6.16 Å². The Hall–Kier alpha value is -1.51. The monoisotopic (exact) mass is 208 g/mol. The maximum Gasteiger partial charge on any atom is 0.513 e. The van der Waals surface area contributed by atoms with Crippen molar-refractivity contribution >= 4 is 6.16 Å². The molecule has 3 nitrogen and oxygen atoms in total. The summed E-state index contributed by atoms with van der Waals surface area (Å²) in [5.74, 6) is 0.832. The molecule has 0 N–H and O–H groups in total. The van der Waals surface area contributed by atoms with Gasteiger partial charge in [-0.15, -0.1) is 0 Å². The lowest BCUT2D eigenvalue weighted by atomic mass is 10.2. The van der Waals surface area contributed by atoms with Crippen LogP contribution in [0.2, 0.25) is 0 Å². The molecule has 0 aliphatic rings. The molecule has 0 heterocycles. The van der Waals surface area contributed by atoms with E-state index in [1.807, 2.05) is 32.9 Å². The van der Waals surface area contributed by atoms with Crippen LogP contribution >= 0.6 is 0 Å². The highest BCUT2D eigenvalue weighted by Crippen LogP contribution is 2.13. The summed E-state index contributed by atoms with van der Waals surface area (Å²) in [7, 11) is 0. The molecule has 82 valence electrons. The Kier molecular flexibility index (Phi) is 4.16. The fraction of sp³-hybridized carbons (Fsp3) is 0.417. The highest BCUT2D eigenvalue weighted by Gasteiger charge is 2.06. The summed E-state index contributed by atoms with van der Waals surface area (Å²) >= 11 is 0. The van der Waals surface area contributed by atoms with Crippen LogP contribution in [0.15, 0.2) is 24.3 Å². The van der Waals surface area contributed by atoms with E-state index in [9.17, 15) is 4.79 Å². The van der Waals surface area contributed by atoms with Gasteiger partial charge in [0.05, 0.1) is 6.61 Å². The molecule has 0 unspecified atom stereocenters. The predicted octanol–water partition coefficient (Wildman–Crippen LogP) is 3.17. The molecule has 0 radical (unpaired) electrons. The second kappa shape index (κ2) is 5.39. The molecule has 15 heavy (non-hydrogen) atoms. The summed E-state index contributed by atoms with van der Waals surface area (Å²) < 4.78 is 9.87. The number of carbonyl (C=O) groups excluding carboxylic acids is 1. The van der Waals surface area contributed by atoms with Crippen molar-refractivity contribution in [3.63, 3.8) is 0 Å². The van der Waals surface area contributed by atoms with E-state index in [0.29, 0.717) is 18.3 Å². The van der Waals surface area contributed by atoms with Crippen molar-refractivity contribution in [2.75, 3.05) is 6.61 Å². The van der Waals surface area contributed by atoms with Crippen LogP contribution in [0.5, 0.6) is 5.75 Å². The molecular formula is C12H16O3. The predicted molar refractivity (Wildman–Crippen MR) is 58.0 cm³/mol. The summed E-state index contributed by atoms with van der Waals surface area (Å²) in [6.45, 7) is 6.26. The molecule has 0 atom stereocenters. The lowest BCUT2D eigenvalue weighted by Crippen LogP contribution is -2.14. The van der Waals surface area contributed by atoms with Gasteiger partial charge in [0.2, 0.25) is 0 Å². The fourth-order valence-electron chi connectivity index (χ4n) is 1.04. The average molecular weight is 208 g/mol. The topological polar surface area (TPSA) is 35.5 Å². The normalized spacial score (nSPS) is 10.1. The molecule has 3 heteroatoms. The molecule has 0 aliphatic carbocycles. The third kappa shape index (κ3) is 4.49. The maximum atomic E-state index is 11.2. The number of benzene rings is 1. The maximum absolute atomic E-state index is 11.2. The summed E-state index contributed by atoms with van der Waals surface area (Å²) in [4.78, 5) is 11.2. The Morgan fingerprint density at radius 1 is 1.40 bits per heavy atom. The third-order valence-electron chi connectivity index (χ3n) is 1.73. The van der Waals surface area contributed by atoms with Gasteiger partial charge in [0.25, 0.3) is 0 Å². The SMILES string of the molecule is Cc1cccc(OC(=O)OCC(C)C)c1. The van der Waals surface area contributed by atoms with Crippen molar-refractivity contribution in [3.05, 3.63) is 29.8 Å². The van der Waals surface area contributed by atoms with E-state index >= 15 is 0 Å². The first-order chi connectivity index (χ1) is 7.08. The summed E-state index contributed by atoms with van der Waals surface area (Å²) in [5, 5.41) is 0. The molecule has 0 amide bonds. The highest BCUT2D eigenvalue weighted by molar-refractivity contribution is 5.63. The van der Waals surface area contributed by atoms with Crippen molar-refractivity contribution < 1.29 is 14.3 Å². The zero-order valence-corrected chi connectivity index (χ0v) is 9.32. The second-order valence-corrected chi connectivity index (χ2v) is 3.87. The number of ether oxygens (including phenoxy) is 2. The average Bonchev–Trinajstić information content (AvgIpc) is 2.15. The van der Waals surface area contributed by atoms with Crippen molar-refractivity contribution in [1.29, 1.82) is 0 Å². The van der Waals surface area contributed by atoms with Crippen molar-refractivity contribution in [1.82, 2.24) is 0 Å². The van der Waals surface area contributed by atoms with E-state index in [4.69, 9.17) is 9.47 Å². The third-order valence-corrected chi connectivity index (χ3v) is 1.73. The standard InChI is InChI=1S/C12H16O3/c1-9(2)8-14-12(13)15-11-6-4-5-10(3)7-11/h4-7,9H,8H2,1-3H3. The van der Waals surface area contributed by atoms with Crippen molar-refractivity contribution in [2.24, 2.45) is 5.92 Å². The van der Waals surface area contributed by atoms with E-state index in [2.05, 4.69) is 0 Å². The number of rotatable bonds is 3. The van der Waals surface area contributed by atoms with Crippen LogP contribution in [0.25, 0.3) is 0 Å². The van der Waals surface area contributed by atoms with Gasteiger partial charge in [-0.1, -0.05) is 26.0 Å².